The summed E-state index contributed by atoms with van der Waals surface area (Å²) in [5, 5.41) is 3.84. The second-order valence-electron chi connectivity index (χ2n) is 4.37. The summed E-state index contributed by atoms with van der Waals surface area (Å²) < 4.78 is 5.37. The molecule has 0 spiro atoms. The fourth-order valence-electron chi connectivity index (χ4n) is 1.63. The van der Waals surface area contributed by atoms with Crippen molar-refractivity contribution in [2.45, 2.75) is 13.3 Å². The zero-order chi connectivity index (χ0) is 14.9. The van der Waals surface area contributed by atoms with Crippen LogP contribution in [0.4, 0.5) is 0 Å². The van der Waals surface area contributed by atoms with Gasteiger partial charge in [-0.15, -0.1) is 0 Å². The largest absolute Gasteiger partial charge is 0.484 e. The van der Waals surface area contributed by atoms with Crippen LogP contribution < -0.4 is 10.2 Å². The van der Waals surface area contributed by atoms with E-state index in [4.69, 9.17) is 4.74 Å². The lowest BCUT2D eigenvalue weighted by Gasteiger charge is -2.05. The lowest BCUT2D eigenvalue weighted by Crippen LogP contribution is -2.24. The Morgan fingerprint density at radius 3 is 2.81 bits per heavy atom. The van der Waals surface area contributed by atoms with E-state index in [1.807, 2.05) is 30.3 Å². The van der Waals surface area contributed by atoms with Gasteiger partial charge in [-0.2, -0.15) is 5.10 Å². The van der Waals surface area contributed by atoms with E-state index in [9.17, 15) is 4.79 Å². The molecule has 0 fully saturated rings. The molecule has 0 bridgehead atoms. The van der Waals surface area contributed by atoms with E-state index in [-0.39, 0.29) is 12.5 Å². The number of aryl methyl sites for hydroxylation is 1. The molecule has 0 unspecified atom stereocenters. The summed E-state index contributed by atoms with van der Waals surface area (Å²) in [6.45, 7) is 2.01. The highest BCUT2D eigenvalue weighted by Crippen LogP contribution is 2.12. The van der Waals surface area contributed by atoms with Gasteiger partial charge >= 0.3 is 0 Å². The van der Waals surface area contributed by atoms with Gasteiger partial charge in [0.2, 0.25) is 0 Å². The number of amides is 1. The first-order chi connectivity index (χ1) is 10.3. The van der Waals surface area contributed by atoms with Gasteiger partial charge in [-0.25, -0.2) is 5.43 Å². The van der Waals surface area contributed by atoms with E-state index < -0.39 is 0 Å². The Morgan fingerprint density at radius 1 is 1.33 bits per heavy atom. The van der Waals surface area contributed by atoms with Crippen LogP contribution in [0.5, 0.6) is 5.75 Å². The Hall–Kier alpha value is -2.69. The number of hydrogen-bond acceptors (Lipinski definition) is 4. The molecule has 21 heavy (non-hydrogen) atoms. The molecule has 0 aliphatic heterocycles. The fourth-order valence-corrected chi connectivity index (χ4v) is 1.63. The maximum atomic E-state index is 11.6. The maximum Gasteiger partial charge on any atom is 0.277 e. The summed E-state index contributed by atoms with van der Waals surface area (Å²) in [5.74, 6) is 0.355. The number of carbonyl (C=O) groups excluding carboxylic acids is 1. The van der Waals surface area contributed by atoms with E-state index >= 15 is 0 Å². The van der Waals surface area contributed by atoms with Gasteiger partial charge in [0.1, 0.15) is 5.75 Å². The van der Waals surface area contributed by atoms with Crippen molar-refractivity contribution in [2.24, 2.45) is 5.10 Å². The first-order valence-corrected chi connectivity index (χ1v) is 6.71. The molecule has 1 aromatic heterocycles. The summed E-state index contributed by atoms with van der Waals surface area (Å²) in [7, 11) is 0. The molecule has 0 aliphatic carbocycles. The van der Waals surface area contributed by atoms with Crippen molar-refractivity contribution >= 4 is 12.1 Å². The number of pyridine rings is 1. The smallest absolute Gasteiger partial charge is 0.277 e. The Morgan fingerprint density at radius 2 is 2.14 bits per heavy atom. The predicted octanol–water partition coefficient (Wildman–Crippen LogP) is 2.17. The van der Waals surface area contributed by atoms with Crippen LogP contribution in [0, 0.1) is 0 Å². The van der Waals surface area contributed by atoms with Crippen LogP contribution in [0.3, 0.4) is 0 Å². The van der Waals surface area contributed by atoms with E-state index in [0.717, 1.165) is 12.0 Å². The summed E-state index contributed by atoms with van der Waals surface area (Å²) in [6, 6.07) is 11.3. The van der Waals surface area contributed by atoms with Crippen LogP contribution in [-0.4, -0.2) is 23.7 Å². The molecule has 2 aromatic rings. The summed E-state index contributed by atoms with van der Waals surface area (Å²) in [6.07, 6.45) is 5.83. The van der Waals surface area contributed by atoms with Gasteiger partial charge in [0, 0.05) is 18.0 Å². The highest BCUT2D eigenvalue weighted by Gasteiger charge is 2.01. The van der Waals surface area contributed by atoms with Gasteiger partial charge < -0.3 is 4.74 Å². The van der Waals surface area contributed by atoms with Gasteiger partial charge in [-0.1, -0.05) is 25.1 Å². The topological polar surface area (TPSA) is 63.6 Å². The molecular formula is C16H17N3O2. The van der Waals surface area contributed by atoms with Crippen LogP contribution in [0.1, 0.15) is 18.1 Å². The average Bonchev–Trinajstić information content (AvgIpc) is 2.54. The van der Waals surface area contributed by atoms with Gasteiger partial charge in [0.05, 0.1) is 6.21 Å². The summed E-state index contributed by atoms with van der Waals surface area (Å²) >= 11 is 0. The third-order valence-corrected chi connectivity index (χ3v) is 2.79. The molecule has 0 saturated heterocycles. The lowest BCUT2D eigenvalue weighted by atomic mass is 10.2. The van der Waals surface area contributed by atoms with E-state index in [1.165, 1.54) is 11.8 Å². The predicted molar refractivity (Wildman–Crippen MR) is 81.3 cm³/mol. The zero-order valence-corrected chi connectivity index (χ0v) is 11.8. The highest BCUT2D eigenvalue weighted by molar-refractivity contribution is 5.82. The monoisotopic (exact) mass is 283 g/mol. The number of aromatic nitrogens is 1. The van der Waals surface area contributed by atoms with Crippen LogP contribution in [-0.2, 0) is 11.2 Å². The van der Waals surface area contributed by atoms with Crippen molar-refractivity contribution in [3.63, 3.8) is 0 Å². The van der Waals surface area contributed by atoms with Crippen LogP contribution in [0.15, 0.2) is 53.9 Å². The van der Waals surface area contributed by atoms with Crippen molar-refractivity contribution in [1.82, 2.24) is 10.4 Å². The molecule has 0 saturated carbocycles. The van der Waals surface area contributed by atoms with Gasteiger partial charge in [0.15, 0.2) is 6.61 Å². The minimum Gasteiger partial charge on any atom is -0.484 e. The number of benzene rings is 1. The number of nitrogens with one attached hydrogen (secondary N) is 1. The molecule has 108 valence electrons. The molecule has 1 heterocycles. The molecular weight excluding hydrogens is 266 g/mol. The van der Waals surface area contributed by atoms with E-state index in [2.05, 4.69) is 22.4 Å². The van der Waals surface area contributed by atoms with Crippen molar-refractivity contribution in [2.75, 3.05) is 6.61 Å². The van der Waals surface area contributed by atoms with Crippen LogP contribution in [0.2, 0.25) is 0 Å². The van der Waals surface area contributed by atoms with Crippen LogP contribution >= 0.6 is 0 Å². The molecule has 2 rings (SSSR count). The second kappa shape index (κ2) is 7.79. The van der Waals surface area contributed by atoms with Crippen molar-refractivity contribution < 1.29 is 9.53 Å². The van der Waals surface area contributed by atoms with E-state index in [1.54, 1.807) is 18.5 Å². The Balaban J connectivity index is 1.75. The second-order valence-corrected chi connectivity index (χ2v) is 4.37. The molecule has 1 amide bonds. The highest BCUT2D eigenvalue weighted by atomic mass is 16.5. The van der Waals surface area contributed by atoms with E-state index in [0.29, 0.717) is 5.75 Å². The molecule has 0 aliphatic rings. The van der Waals surface area contributed by atoms with Crippen molar-refractivity contribution in [1.29, 1.82) is 0 Å². The van der Waals surface area contributed by atoms with Gasteiger partial charge in [-0.3, -0.25) is 9.78 Å². The third-order valence-electron chi connectivity index (χ3n) is 2.79. The number of carbonyl (C=O) groups is 1. The molecule has 5 nitrogen and oxygen atoms in total. The minimum absolute atomic E-state index is 0.0736. The van der Waals surface area contributed by atoms with Crippen molar-refractivity contribution in [3.8, 4) is 5.75 Å². The third kappa shape index (κ3) is 5.06. The number of ether oxygens (including phenoxy) is 1. The number of rotatable bonds is 6. The SMILES string of the molecule is CCc1ccc(OCC(=O)N/N=C/c2cccnc2)cc1. The number of hydrogen-bond donors (Lipinski definition) is 1. The fraction of sp³-hybridized carbons (Fsp3) is 0.188. The average molecular weight is 283 g/mol. The Labute approximate surface area is 123 Å². The van der Waals surface area contributed by atoms with Crippen LogP contribution in [0.25, 0.3) is 0 Å². The normalized spacial score (nSPS) is 10.5. The van der Waals surface area contributed by atoms with Crippen molar-refractivity contribution in [3.05, 3.63) is 59.9 Å². The molecule has 0 radical (unpaired) electrons. The maximum absolute atomic E-state index is 11.6. The number of nitrogens with zero attached hydrogens (tertiary/aromatic N) is 2. The quantitative estimate of drug-likeness (QED) is 0.653. The summed E-state index contributed by atoms with van der Waals surface area (Å²) in [4.78, 5) is 15.5. The number of hydrazone groups is 1. The van der Waals surface area contributed by atoms with Gasteiger partial charge in [0.25, 0.3) is 5.91 Å². The lowest BCUT2D eigenvalue weighted by molar-refractivity contribution is -0.123. The molecule has 5 heteroatoms. The van der Waals surface area contributed by atoms with Gasteiger partial charge in [-0.05, 0) is 30.2 Å². The zero-order valence-electron chi connectivity index (χ0n) is 11.8. The molecule has 1 N–H and O–H groups in total. The standard InChI is InChI=1S/C16H17N3O2/c1-2-13-5-7-15(8-6-13)21-12-16(20)19-18-11-14-4-3-9-17-10-14/h3-11H,2,12H2,1H3,(H,19,20)/b18-11+. The Bertz CT molecular complexity index is 595. The molecule has 0 atom stereocenters. The summed E-state index contributed by atoms with van der Waals surface area (Å²) in [5.41, 5.74) is 4.44. The Kier molecular flexibility index (Phi) is 5.46. The molecule has 1 aromatic carbocycles. The first-order valence-electron chi connectivity index (χ1n) is 6.71. The minimum atomic E-state index is -0.310. The first kappa shape index (κ1) is 14.7.